The van der Waals surface area contributed by atoms with Crippen LogP contribution >= 0.6 is 11.6 Å². The average molecular weight is 266 g/mol. The summed E-state index contributed by atoms with van der Waals surface area (Å²) < 4.78 is 0. The maximum atomic E-state index is 12.0. The number of rotatable bonds is 3. The number of aliphatic hydroxyl groups excluding tert-OH is 1. The topological polar surface area (TPSA) is 49.3 Å². The van der Waals surface area contributed by atoms with Crippen molar-refractivity contribution in [2.75, 3.05) is 6.61 Å². The lowest BCUT2D eigenvalue weighted by atomic mass is 10.1. The van der Waals surface area contributed by atoms with E-state index in [-0.39, 0.29) is 24.5 Å². The molecule has 2 atom stereocenters. The third kappa shape index (κ3) is 3.12. The predicted octanol–water partition coefficient (Wildman–Crippen LogP) is 2.32. The highest BCUT2D eigenvalue weighted by Crippen LogP contribution is 2.19. The highest BCUT2D eigenvalue weighted by Gasteiger charge is 2.20. The number of amides is 1. The van der Waals surface area contributed by atoms with E-state index in [9.17, 15) is 4.79 Å². The summed E-state index contributed by atoms with van der Waals surface area (Å²) in [6.45, 7) is 2.03. The van der Waals surface area contributed by atoms with Gasteiger partial charge in [-0.05, 0) is 37.1 Å². The van der Waals surface area contributed by atoms with Gasteiger partial charge in [0.2, 0.25) is 0 Å². The van der Waals surface area contributed by atoms with Crippen molar-refractivity contribution >= 4 is 17.5 Å². The molecule has 0 aromatic heterocycles. The Morgan fingerprint density at radius 1 is 1.44 bits per heavy atom. The fourth-order valence-electron chi connectivity index (χ4n) is 2.14. The van der Waals surface area contributed by atoms with E-state index in [1.807, 2.05) is 31.2 Å². The van der Waals surface area contributed by atoms with E-state index in [4.69, 9.17) is 16.7 Å². The monoisotopic (exact) mass is 265 g/mol. The van der Waals surface area contributed by atoms with Crippen LogP contribution in [0.15, 0.2) is 30.4 Å². The molecule has 3 nitrogen and oxygen atoms in total. The summed E-state index contributed by atoms with van der Waals surface area (Å²) in [5.74, 6) is 0.0187. The molecule has 1 aromatic rings. The van der Waals surface area contributed by atoms with E-state index in [1.54, 1.807) is 6.07 Å². The van der Waals surface area contributed by atoms with Crippen LogP contribution in [0.25, 0.3) is 0 Å². The normalized spacial score (nSPS) is 22.2. The molecule has 1 amide bonds. The molecule has 1 aromatic carbocycles. The van der Waals surface area contributed by atoms with Gasteiger partial charge in [-0.3, -0.25) is 4.79 Å². The first-order valence-corrected chi connectivity index (χ1v) is 6.33. The summed E-state index contributed by atoms with van der Waals surface area (Å²) in [6.07, 6.45) is 4.62. The molecule has 1 aliphatic carbocycles. The summed E-state index contributed by atoms with van der Waals surface area (Å²) in [5, 5.41) is 12.5. The van der Waals surface area contributed by atoms with Gasteiger partial charge in [-0.25, -0.2) is 0 Å². The molecule has 0 spiro atoms. The molecule has 0 bridgehead atoms. The fraction of sp³-hybridized carbons (Fsp3) is 0.357. The number of hydrogen-bond donors (Lipinski definition) is 2. The third-order valence-electron chi connectivity index (χ3n) is 3.03. The molecule has 0 aliphatic heterocycles. The molecule has 2 N–H and O–H groups in total. The Balaban J connectivity index is 2.02. The van der Waals surface area contributed by atoms with Crippen molar-refractivity contribution in [1.29, 1.82) is 0 Å². The summed E-state index contributed by atoms with van der Waals surface area (Å²) >= 11 is 5.93. The Hall–Kier alpha value is -1.32. The van der Waals surface area contributed by atoms with Gasteiger partial charge in [-0.15, -0.1) is 0 Å². The van der Waals surface area contributed by atoms with Crippen molar-refractivity contribution < 1.29 is 9.90 Å². The van der Waals surface area contributed by atoms with Crippen molar-refractivity contribution in [3.8, 4) is 0 Å². The Labute approximate surface area is 111 Å². The molecular formula is C14H16ClNO2. The van der Waals surface area contributed by atoms with Gasteiger partial charge in [0, 0.05) is 29.2 Å². The maximum absolute atomic E-state index is 12.0. The van der Waals surface area contributed by atoms with Crippen LogP contribution < -0.4 is 5.32 Å². The SMILES string of the molecule is Cc1cc(Cl)cc(C(=O)N[C@@H]2C=C[C@H](CO)C2)c1. The first kappa shape index (κ1) is 13.1. The van der Waals surface area contributed by atoms with Crippen LogP contribution in [0.5, 0.6) is 0 Å². The Bertz CT molecular complexity index is 464. The summed E-state index contributed by atoms with van der Waals surface area (Å²) in [6, 6.07) is 5.28. The molecule has 1 aliphatic rings. The molecule has 96 valence electrons. The van der Waals surface area contributed by atoms with Crippen molar-refractivity contribution in [2.24, 2.45) is 5.92 Å². The molecule has 0 fully saturated rings. The van der Waals surface area contributed by atoms with E-state index in [0.717, 1.165) is 12.0 Å². The lowest BCUT2D eigenvalue weighted by Gasteiger charge is -2.13. The number of hydrogen-bond acceptors (Lipinski definition) is 2. The molecule has 4 heteroatoms. The molecular weight excluding hydrogens is 250 g/mol. The molecule has 0 radical (unpaired) electrons. The smallest absolute Gasteiger partial charge is 0.251 e. The molecule has 0 saturated heterocycles. The number of nitrogens with one attached hydrogen (secondary N) is 1. The fourth-order valence-corrected chi connectivity index (χ4v) is 2.43. The van der Waals surface area contributed by atoms with Gasteiger partial charge in [-0.2, -0.15) is 0 Å². The number of carbonyl (C=O) groups is 1. The second-order valence-electron chi connectivity index (χ2n) is 4.66. The highest BCUT2D eigenvalue weighted by molar-refractivity contribution is 6.31. The zero-order valence-corrected chi connectivity index (χ0v) is 10.9. The van der Waals surface area contributed by atoms with Crippen LogP contribution in [0, 0.1) is 12.8 Å². The zero-order chi connectivity index (χ0) is 13.1. The van der Waals surface area contributed by atoms with E-state index in [0.29, 0.717) is 10.6 Å². The third-order valence-corrected chi connectivity index (χ3v) is 3.25. The first-order valence-electron chi connectivity index (χ1n) is 5.95. The minimum atomic E-state index is -0.131. The van der Waals surface area contributed by atoms with Gasteiger partial charge in [-0.1, -0.05) is 23.8 Å². The molecule has 0 unspecified atom stereocenters. The number of carbonyl (C=O) groups excluding carboxylic acids is 1. The van der Waals surface area contributed by atoms with Crippen molar-refractivity contribution in [3.63, 3.8) is 0 Å². The average Bonchev–Trinajstić information content (AvgIpc) is 2.75. The van der Waals surface area contributed by atoms with Crippen LogP contribution in [-0.2, 0) is 0 Å². The molecule has 0 heterocycles. The number of aliphatic hydroxyl groups is 1. The highest BCUT2D eigenvalue weighted by atomic mass is 35.5. The Morgan fingerprint density at radius 2 is 2.22 bits per heavy atom. The van der Waals surface area contributed by atoms with Gasteiger partial charge in [0.15, 0.2) is 0 Å². The maximum Gasteiger partial charge on any atom is 0.251 e. The van der Waals surface area contributed by atoms with Crippen LogP contribution in [-0.4, -0.2) is 23.7 Å². The lowest BCUT2D eigenvalue weighted by Crippen LogP contribution is -2.32. The Kier molecular flexibility index (Phi) is 4.04. The second-order valence-corrected chi connectivity index (χ2v) is 5.10. The van der Waals surface area contributed by atoms with Crippen LogP contribution in [0.3, 0.4) is 0 Å². The minimum absolute atomic E-state index is 0.00561. The molecule has 0 saturated carbocycles. The van der Waals surface area contributed by atoms with Crippen LogP contribution in [0.2, 0.25) is 5.02 Å². The minimum Gasteiger partial charge on any atom is -0.396 e. The first-order chi connectivity index (χ1) is 8.58. The van der Waals surface area contributed by atoms with Gasteiger partial charge in [0.1, 0.15) is 0 Å². The van der Waals surface area contributed by atoms with Gasteiger partial charge >= 0.3 is 0 Å². The van der Waals surface area contributed by atoms with Crippen molar-refractivity contribution in [1.82, 2.24) is 5.32 Å². The van der Waals surface area contributed by atoms with Gasteiger partial charge in [0.25, 0.3) is 5.91 Å². The van der Waals surface area contributed by atoms with E-state index in [2.05, 4.69) is 5.32 Å². The molecule has 18 heavy (non-hydrogen) atoms. The van der Waals surface area contributed by atoms with Crippen LogP contribution in [0.1, 0.15) is 22.3 Å². The second kappa shape index (κ2) is 5.55. The summed E-state index contributed by atoms with van der Waals surface area (Å²) in [7, 11) is 0. The summed E-state index contributed by atoms with van der Waals surface area (Å²) in [4.78, 5) is 12.0. The van der Waals surface area contributed by atoms with Crippen LogP contribution in [0.4, 0.5) is 0 Å². The largest absolute Gasteiger partial charge is 0.396 e. The van der Waals surface area contributed by atoms with E-state index in [1.165, 1.54) is 0 Å². The molecule has 2 rings (SSSR count). The number of aryl methyl sites for hydroxylation is 1. The number of benzene rings is 1. The van der Waals surface area contributed by atoms with Gasteiger partial charge in [0.05, 0.1) is 0 Å². The lowest BCUT2D eigenvalue weighted by molar-refractivity contribution is 0.0941. The van der Waals surface area contributed by atoms with E-state index < -0.39 is 0 Å². The Morgan fingerprint density at radius 3 is 2.83 bits per heavy atom. The quantitative estimate of drug-likeness (QED) is 0.824. The van der Waals surface area contributed by atoms with E-state index >= 15 is 0 Å². The van der Waals surface area contributed by atoms with Crippen molar-refractivity contribution in [2.45, 2.75) is 19.4 Å². The summed E-state index contributed by atoms with van der Waals surface area (Å²) in [5.41, 5.74) is 1.53. The predicted molar refractivity (Wildman–Crippen MR) is 71.8 cm³/mol. The van der Waals surface area contributed by atoms with Gasteiger partial charge < -0.3 is 10.4 Å². The zero-order valence-electron chi connectivity index (χ0n) is 10.2. The standard InChI is InChI=1S/C14H16ClNO2/c1-9-4-11(7-12(15)5-9)14(18)16-13-3-2-10(6-13)8-17/h2-5,7,10,13,17H,6,8H2,1H3,(H,16,18)/t10-,13+/m0/s1. The number of halogens is 1. The van der Waals surface area contributed by atoms with Crippen molar-refractivity contribution in [3.05, 3.63) is 46.5 Å².